The molecule has 5 heteroatoms. The lowest BCUT2D eigenvalue weighted by Crippen LogP contribution is -2.45. The largest absolute Gasteiger partial charge is 0.497 e. The van der Waals surface area contributed by atoms with Gasteiger partial charge in [-0.1, -0.05) is 12.1 Å². The number of methoxy groups -OCH3 is 1. The van der Waals surface area contributed by atoms with Crippen LogP contribution in [0.3, 0.4) is 0 Å². The van der Waals surface area contributed by atoms with Gasteiger partial charge in [0.2, 0.25) is 5.91 Å². The van der Waals surface area contributed by atoms with Gasteiger partial charge in [0, 0.05) is 26.2 Å². The van der Waals surface area contributed by atoms with Gasteiger partial charge in [-0.25, -0.2) is 0 Å². The summed E-state index contributed by atoms with van der Waals surface area (Å²) in [5.41, 5.74) is 1.24. The molecule has 3 aliphatic rings. The van der Waals surface area contributed by atoms with Crippen molar-refractivity contribution in [3.05, 3.63) is 29.8 Å². The van der Waals surface area contributed by atoms with E-state index >= 15 is 0 Å². The van der Waals surface area contributed by atoms with E-state index in [0.29, 0.717) is 0 Å². The topological polar surface area (TPSA) is 50.8 Å². The zero-order valence-corrected chi connectivity index (χ0v) is 14.2. The summed E-state index contributed by atoms with van der Waals surface area (Å²) in [6.45, 7) is 3.46. The number of benzene rings is 1. The van der Waals surface area contributed by atoms with Crippen LogP contribution in [0.5, 0.6) is 5.75 Å². The van der Waals surface area contributed by atoms with Gasteiger partial charge in [0.25, 0.3) is 0 Å². The fraction of sp³-hybridized carbons (Fsp3) is 0.632. The number of carbonyl (C=O) groups is 1. The molecule has 1 aromatic carbocycles. The fourth-order valence-electron chi connectivity index (χ4n) is 3.87. The van der Waals surface area contributed by atoms with Gasteiger partial charge in [-0.15, -0.1) is 0 Å². The van der Waals surface area contributed by atoms with E-state index in [1.54, 1.807) is 7.11 Å². The molecule has 0 spiro atoms. The highest BCUT2D eigenvalue weighted by molar-refractivity contribution is 5.79. The molecule has 5 nitrogen and oxygen atoms in total. The number of nitrogens with zero attached hydrogens (tertiary/aromatic N) is 1. The molecule has 3 atom stereocenters. The van der Waals surface area contributed by atoms with Crippen LogP contribution in [-0.2, 0) is 16.1 Å². The molecule has 2 heterocycles. The second-order valence-electron chi connectivity index (χ2n) is 7.37. The van der Waals surface area contributed by atoms with Crippen LogP contribution in [-0.4, -0.2) is 49.8 Å². The van der Waals surface area contributed by atoms with Crippen LogP contribution in [0.1, 0.15) is 24.8 Å². The predicted molar refractivity (Wildman–Crippen MR) is 90.8 cm³/mol. The van der Waals surface area contributed by atoms with Crippen molar-refractivity contribution in [3.63, 3.8) is 0 Å². The van der Waals surface area contributed by atoms with Gasteiger partial charge in [0.15, 0.2) is 0 Å². The van der Waals surface area contributed by atoms with Gasteiger partial charge in [-0.05, 0) is 42.9 Å². The van der Waals surface area contributed by atoms with E-state index in [0.717, 1.165) is 44.3 Å². The van der Waals surface area contributed by atoms with E-state index in [9.17, 15) is 4.79 Å². The second kappa shape index (κ2) is 6.73. The molecule has 2 aliphatic heterocycles. The lowest BCUT2D eigenvalue weighted by molar-refractivity contribution is -0.128. The number of hydrogen-bond acceptors (Lipinski definition) is 4. The highest BCUT2D eigenvalue weighted by Crippen LogP contribution is 2.33. The third-order valence-electron chi connectivity index (χ3n) is 5.37. The first kappa shape index (κ1) is 15.9. The van der Waals surface area contributed by atoms with Crippen molar-refractivity contribution < 1.29 is 14.3 Å². The number of ether oxygens (including phenoxy) is 2. The van der Waals surface area contributed by atoms with Crippen molar-refractivity contribution in [1.29, 1.82) is 0 Å². The molecule has 24 heavy (non-hydrogen) atoms. The fourth-order valence-corrected chi connectivity index (χ4v) is 3.87. The highest BCUT2D eigenvalue weighted by atomic mass is 16.5. The smallest absolute Gasteiger partial charge is 0.225 e. The minimum Gasteiger partial charge on any atom is -0.497 e. The van der Waals surface area contributed by atoms with Crippen LogP contribution in [0.2, 0.25) is 0 Å². The summed E-state index contributed by atoms with van der Waals surface area (Å²) in [4.78, 5) is 14.8. The molecule has 4 rings (SSSR count). The average Bonchev–Trinajstić information content (AvgIpc) is 3.37. The van der Waals surface area contributed by atoms with Crippen LogP contribution >= 0.6 is 0 Å². The summed E-state index contributed by atoms with van der Waals surface area (Å²) in [5.74, 6) is 1.82. The number of rotatable bonds is 6. The lowest BCUT2D eigenvalue weighted by Gasteiger charge is -2.32. The average molecular weight is 330 g/mol. The van der Waals surface area contributed by atoms with Crippen LogP contribution in [0.25, 0.3) is 0 Å². The summed E-state index contributed by atoms with van der Waals surface area (Å²) in [6.07, 6.45) is 3.61. The number of carbonyl (C=O) groups excluding carboxylic acids is 1. The lowest BCUT2D eigenvalue weighted by atomic mass is 9.99. The Morgan fingerprint density at radius 3 is 3.04 bits per heavy atom. The Bertz CT molecular complexity index is 602. The maximum Gasteiger partial charge on any atom is 0.225 e. The third kappa shape index (κ3) is 3.57. The number of nitrogens with one attached hydrogen (secondary N) is 1. The van der Waals surface area contributed by atoms with Crippen molar-refractivity contribution in [1.82, 2.24) is 10.2 Å². The molecule has 0 radical (unpaired) electrons. The Morgan fingerprint density at radius 2 is 2.25 bits per heavy atom. The third-order valence-corrected chi connectivity index (χ3v) is 5.37. The molecule has 1 aromatic rings. The van der Waals surface area contributed by atoms with Crippen LogP contribution in [0, 0.1) is 11.8 Å². The first-order valence-corrected chi connectivity index (χ1v) is 8.99. The van der Waals surface area contributed by atoms with E-state index in [1.807, 2.05) is 12.1 Å². The zero-order valence-electron chi connectivity index (χ0n) is 14.2. The Labute approximate surface area is 143 Å². The predicted octanol–water partition coefficient (Wildman–Crippen LogP) is 1.81. The molecule has 2 bridgehead atoms. The van der Waals surface area contributed by atoms with Gasteiger partial charge in [-0.2, -0.15) is 0 Å². The van der Waals surface area contributed by atoms with E-state index in [4.69, 9.17) is 9.47 Å². The Hall–Kier alpha value is -1.59. The van der Waals surface area contributed by atoms with E-state index in [-0.39, 0.29) is 24.0 Å². The molecule has 1 aliphatic carbocycles. The molecule has 0 aromatic heterocycles. The van der Waals surface area contributed by atoms with Gasteiger partial charge >= 0.3 is 0 Å². The molecule has 3 fully saturated rings. The molecule has 1 amide bonds. The number of fused-ring (bicyclic) bond motifs is 2. The number of likely N-dealkylation sites (tertiary alicyclic amines) is 1. The van der Waals surface area contributed by atoms with Crippen molar-refractivity contribution in [2.45, 2.75) is 38.0 Å². The van der Waals surface area contributed by atoms with Crippen molar-refractivity contribution in [3.8, 4) is 5.75 Å². The summed E-state index contributed by atoms with van der Waals surface area (Å²) in [7, 11) is 1.69. The molecule has 130 valence electrons. The van der Waals surface area contributed by atoms with E-state index < -0.39 is 0 Å². The van der Waals surface area contributed by atoms with Crippen molar-refractivity contribution in [2.75, 3.05) is 26.7 Å². The van der Waals surface area contributed by atoms with E-state index in [2.05, 4.69) is 22.3 Å². The first-order valence-electron chi connectivity index (χ1n) is 8.99. The second-order valence-corrected chi connectivity index (χ2v) is 7.37. The van der Waals surface area contributed by atoms with Crippen LogP contribution < -0.4 is 10.1 Å². The Kier molecular flexibility index (Phi) is 4.46. The molecular formula is C19H26N2O3. The summed E-state index contributed by atoms with van der Waals surface area (Å²) in [6, 6.07) is 8.20. The minimum atomic E-state index is 0.0176. The molecule has 2 saturated heterocycles. The SMILES string of the molecule is COc1cccc(CN2CC3CC(C(=O)NCC4CC4)C(C2)O3)c1. The Balaban J connectivity index is 1.34. The van der Waals surface area contributed by atoms with Gasteiger partial charge in [0.1, 0.15) is 5.75 Å². The number of amides is 1. The van der Waals surface area contributed by atoms with Gasteiger partial charge < -0.3 is 14.8 Å². The number of morpholine rings is 1. The maximum atomic E-state index is 12.4. The molecule has 1 N–H and O–H groups in total. The zero-order chi connectivity index (χ0) is 16.5. The summed E-state index contributed by atoms with van der Waals surface area (Å²) >= 11 is 0. The Morgan fingerprint density at radius 1 is 1.38 bits per heavy atom. The molecule has 3 unspecified atom stereocenters. The monoisotopic (exact) mass is 330 g/mol. The highest BCUT2D eigenvalue weighted by Gasteiger charge is 2.44. The normalized spacial score (nSPS) is 29.5. The van der Waals surface area contributed by atoms with Crippen molar-refractivity contribution >= 4 is 5.91 Å². The maximum absolute atomic E-state index is 12.4. The summed E-state index contributed by atoms with van der Waals surface area (Å²) < 4.78 is 11.3. The van der Waals surface area contributed by atoms with Gasteiger partial charge in [0.05, 0.1) is 25.2 Å². The quantitative estimate of drug-likeness (QED) is 0.864. The van der Waals surface area contributed by atoms with Gasteiger partial charge in [-0.3, -0.25) is 9.69 Å². The van der Waals surface area contributed by atoms with E-state index in [1.165, 1.54) is 18.4 Å². The van der Waals surface area contributed by atoms with Crippen molar-refractivity contribution in [2.24, 2.45) is 11.8 Å². The molecule has 1 saturated carbocycles. The summed E-state index contributed by atoms with van der Waals surface area (Å²) in [5, 5.41) is 3.12. The molecular weight excluding hydrogens is 304 g/mol. The van der Waals surface area contributed by atoms with Crippen LogP contribution in [0.15, 0.2) is 24.3 Å². The first-order chi connectivity index (χ1) is 11.7. The minimum absolute atomic E-state index is 0.0176. The van der Waals surface area contributed by atoms with Crippen LogP contribution in [0.4, 0.5) is 0 Å². The number of hydrogen-bond donors (Lipinski definition) is 1. The standard InChI is InChI=1S/C19H26N2O3/c1-23-15-4-2-3-14(7-15)10-21-11-16-8-17(18(12-21)24-16)19(22)20-9-13-5-6-13/h2-4,7,13,16-18H,5-6,8-12H2,1H3,(H,20,22).